The number of halogens is 1. The summed E-state index contributed by atoms with van der Waals surface area (Å²) in [6, 6.07) is 7.58. The van der Waals surface area contributed by atoms with Crippen molar-refractivity contribution in [1.29, 1.82) is 0 Å². The lowest BCUT2D eigenvalue weighted by Gasteiger charge is -2.37. The molecule has 23 heavy (non-hydrogen) atoms. The van der Waals surface area contributed by atoms with Crippen LogP contribution in [0.25, 0.3) is 0 Å². The van der Waals surface area contributed by atoms with Crippen LogP contribution in [0.3, 0.4) is 0 Å². The van der Waals surface area contributed by atoms with E-state index in [1.165, 1.54) is 0 Å². The summed E-state index contributed by atoms with van der Waals surface area (Å²) < 4.78 is 0.866. The van der Waals surface area contributed by atoms with Gasteiger partial charge in [0.15, 0.2) is 0 Å². The molecule has 0 radical (unpaired) electrons. The van der Waals surface area contributed by atoms with E-state index >= 15 is 0 Å². The van der Waals surface area contributed by atoms with Gasteiger partial charge in [-0.15, -0.1) is 5.54 Å². The number of hydrogen-bond donors (Lipinski definition) is 1. The van der Waals surface area contributed by atoms with E-state index in [2.05, 4.69) is 80.8 Å². The molecule has 3 heteroatoms. The average molecular weight is 391 g/mol. The molecule has 0 amide bonds. The van der Waals surface area contributed by atoms with Crippen LogP contribution in [0, 0.1) is 23.3 Å². The van der Waals surface area contributed by atoms with Crippen molar-refractivity contribution in [3.8, 4) is 23.3 Å². The van der Waals surface area contributed by atoms with Gasteiger partial charge in [-0.2, -0.15) is 0 Å². The van der Waals surface area contributed by atoms with Crippen molar-refractivity contribution in [2.45, 2.75) is 64.3 Å². The van der Waals surface area contributed by atoms with Gasteiger partial charge in [0, 0.05) is 10.0 Å². The van der Waals surface area contributed by atoms with Gasteiger partial charge in [-0.05, 0) is 34.5 Å². The lowest BCUT2D eigenvalue weighted by molar-refractivity contribution is 0.237. The molecule has 0 fully saturated rings. The molecular weight excluding hydrogens is 364 g/mol. The number of hydrogen-bond acceptors (Lipinski definition) is 1. The molecular formula is C20H27BrOSi. The Morgan fingerprint density at radius 1 is 0.913 bits per heavy atom. The molecule has 1 nitrogen and oxygen atoms in total. The molecule has 0 aliphatic carbocycles. The van der Waals surface area contributed by atoms with Gasteiger partial charge in [-0.3, -0.25) is 0 Å². The highest BCUT2D eigenvalue weighted by molar-refractivity contribution is 9.10. The standard InChI is InChI=1S/C20H27BrOSi/c1-15(2)23(16(3)4,17(5)6)14-10-9-13-20(22)18-11-7-8-12-19(18)21/h7-8,11-12,15-17,20,22H,1-6H3/t20-/m1/s1. The molecule has 1 atom stereocenters. The summed E-state index contributed by atoms with van der Waals surface area (Å²) >= 11 is 3.44. The van der Waals surface area contributed by atoms with Gasteiger partial charge in [0.25, 0.3) is 0 Å². The molecule has 0 aliphatic heterocycles. The lowest BCUT2D eigenvalue weighted by atomic mass is 10.1. The topological polar surface area (TPSA) is 20.2 Å². The lowest BCUT2D eigenvalue weighted by Crippen LogP contribution is -2.43. The molecule has 0 saturated heterocycles. The van der Waals surface area contributed by atoms with Crippen molar-refractivity contribution in [3.63, 3.8) is 0 Å². The summed E-state index contributed by atoms with van der Waals surface area (Å²) in [5, 5.41) is 10.2. The van der Waals surface area contributed by atoms with Crippen LogP contribution >= 0.6 is 15.9 Å². The van der Waals surface area contributed by atoms with Crippen LogP contribution in [0.5, 0.6) is 0 Å². The second-order valence-electron chi connectivity index (χ2n) is 6.84. The summed E-state index contributed by atoms with van der Waals surface area (Å²) in [6.07, 6.45) is -0.812. The minimum absolute atomic E-state index is 0.588. The number of benzene rings is 1. The minimum atomic E-state index is -1.74. The van der Waals surface area contributed by atoms with Crippen molar-refractivity contribution in [2.24, 2.45) is 0 Å². The first kappa shape index (κ1) is 20.0. The van der Waals surface area contributed by atoms with Crippen LogP contribution in [0.2, 0.25) is 16.6 Å². The Labute approximate surface area is 151 Å². The van der Waals surface area contributed by atoms with Crippen LogP contribution in [0.15, 0.2) is 28.7 Å². The Morgan fingerprint density at radius 3 is 1.91 bits per heavy atom. The van der Waals surface area contributed by atoms with Gasteiger partial charge in [0.1, 0.15) is 14.2 Å². The summed E-state index contributed by atoms with van der Waals surface area (Å²) in [4.78, 5) is 0. The molecule has 1 aromatic rings. The molecule has 0 bridgehead atoms. The predicted octanol–water partition coefficient (Wildman–Crippen LogP) is 5.71. The van der Waals surface area contributed by atoms with Gasteiger partial charge in [-0.25, -0.2) is 0 Å². The van der Waals surface area contributed by atoms with E-state index < -0.39 is 14.2 Å². The highest BCUT2D eigenvalue weighted by atomic mass is 79.9. The third-order valence-corrected chi connectivity index (χ3v) is 11.6. The maximum Gasteiger partial charge on any atom is 0.147 e. The quantitative estimate of drug-likeness (QED) is 0.515. The third kappa shape index (κ3) is 4.74. The van der Waals surface area contributed by atoms with Crippen molar-refractivity contribution in [3.05, 3.63) is 34.3 Å². The molecule has 0 spiro atoms. The van der Waals surface area contributed by atoms with Crippen LogP contribution in [-0.2, 0) is 0 Å². The Bertz CT molecular complexity index is 619. The van der Waals surface area contributed by atoms with Crippen LogP contribution in [-0.4, -0.2) is 13.2 Å². The summed E-state index contributed by atoms with van der Waals surface area (Å²) in [7, 11) is -1.74. The Morgan fingerprint density at radius 2 is 1.43 bits per heavy atom. The highest BCUT2D eigenvalue weighted by Crippen LogP contribution is 2.40. The normalized spacial score (nSPS) is 12.7. The minimum Gasteiger partial charge on any atom is -0.376 e. The fourth-order valence-electron chi connectivity index (χ4n) is 3.45. The largest absolute Gasteiger partial charge is 0.376 e. The zero-order valence-corrected chi connectivity index (χ0v) is 17.5. The van der Waals surface area contributed by atoms with E-state index in [0.717, 1.165) is 10.0 Å². The molecule has 0 heterocycles. The van der Waals surface area contributed by atoms with Gasteiger partial charge in [0.05, 0.1) is 0 Å². The summed E-state index contributed by atoms with van der Waals surface area (Å²) in [5.74, 6) is 8.80. The smallest absolute Gasteiger partial charge is 0.147 e. The molecule has 1 N–H and O–H groups in total. The maximum atomic E-state index is 10.2. The maximum absolute atomic E-state index is 10.2. The van der Waals surface area contributed by atoms with Crippen molar-refractivity contribution in [1.82, 2.24) is 0 Å². The van der Waals surface area contributed by atoms with Gasteiger partial charge in [-0.1, -0.05) is 81.6 Å². The van der Waals surface area contributed by atoms with Crippen molar-refractivity contribution < 1.29 is 5.11 Å². The number of rotatable bonds is 4. The van der Waals surface area contributed by atoms with E-state index in [1.54, 1.807) is 0 Å². The molecule has 1 rings (SSSR count). The fraction of sp³-hybridized carbons (Fsp3) is 0.500. The molecule has 1 aromatic carbocycles. The molecule has 124 valence electrons. The number of aliphatic hydroxyl groups is 1. The van der Waals surface area contributed by atoms with E-state index in [0.29, 0.717) is 16.6 Å². The first-order valence-corrected chi connectivity index (χ1v) is 11.2. The monoisotopic (exact) mass is 390 g/mol. The van der Waals surface area contributed by atoms with Gasteiger partial charge in [0.2, 0.25) is 0 Å². The first-order valence-electron chi connectivity index (χ1n) is 8.18. The van der Waals surface area contributed by atoms with Gasteiger partial charge < -0.3 is 5.11 Å². The molecule has 0 unspecified atom stereocenters. The highest BCUT2D eigenvalue weighted by Gasteiger charge is 2.41. The molecule has 0 saturated carbocycles. The third-order valence-electron chi connectivity index (χ3n) is 4.62. The summed E-state index contributed by atoms with van der Waals surface area (Å²) in [5.41, 5.74) is 6.09. The van der Waals surface area contributed by atoms with E-state index in [-0.39, 0.29) is 0 Å². The fourth-order valence-corrected chi connectivity index (χ4v) is 9.10. The number of aliphatic hydroxyl groups excluding tert-OH is 1. The Kier molecular flexibility index (Phi) is 7.61. The van der Waals surface area contributed by atoms with Crippen molar-refractivity contribution in [2.75, 3.05) is 0 Å². The average Bonchev–Trinajstić information content (AvgIpc) is 2.46. The molecule has 0 aliphatic rings. The first-order chi connectivity index (χ1) is 10.7. The SMILES string of the molecule is CC(C)[Si](C#CC#C[C@@H](O)c1ccccc1Br)(C(C)C)C(C)C. The predicted molar refractivity (Wildman–Crippen MR) is 106 cm³/mol. The Hall–Kier alpha value is -1.00. The second kappa shape index (κ2) is 8.74. The van der Waals surface area contributed by atoms with Gasteiger partial charge >= 0.3 is 0 Å². The Balaban J connectivity index is 3.06. The van der Waals surface area contributed by atoms with Crippen LogP contribution < -0.4 is 0 Å². The van der Waals surface area contributed by atoms with Crippen molar-refractivity contribution >= 4 is 24.0 Å². The van der Waals surface area contributed by atoms with Crippen LogP contribution in [0.1, 0.15) is 53.2 Å². The molecule has 0 aromatic heterocycles. The van der Waals surface area contributed by atoms with E-state index in [4.69, 9.17) is 0 Å². The zero-order valence-electron chi connectivity index (χ0n) is 14.9. The van der Waals surface area contributed by atoms with E-state index in [9.17, 15) is 5.11 Å². The summed E-state index contributed by atoms with van der Waals surface area (Å²) in [6.45, 7) is 13.7. The van der Waals surface area contributed by atoms with E-state index in [1.807, 2.05) is 24.3 Å². The van der Waals surface area contributed by atoms with Crippen LogP contribution in [0.4, 0.5) is 0 Å². The second-order valence-corrected chi connectivity index (χ2v) is 13.3. The zero-order chi connectivity index (χ0) is 17.6.